The molecule has 45 heavy (non-hydrogen) atoms. The highest BCUT2D eigenvalue weighted by molar-refractivity contribution is 6.00. The summed E-state index contributed by atoms with van der Waals surface area (Å²) in [6.45, 7) is 1.49. The number of nitrogens with zero attached hydrogens (tertiary/aromatic N) is 3. The van der Waals surface area contributed by atoms with Crippen molar-refractivity contribution in [2.45, 2.75) is 56.7 Å². The second kappa shape index (κ2) is 16.6. The first kappa shape index (κ1) is 33.5. The van der Waals surface area contributed by atoms with E-state index in [1.165, 1.54) is 9.80 Å². The molecule has 1 fully saturated rings. The molecule has 1 aliphatic heterocycles. The number of anilines is 1. The van der Waals surface area contributed by atoms with Gasteiger partial charge in [0.25, 0.3) is 0 Å². The van der Waals surface area contributed by atoms with Crippen LogP contribution in [0.4, 0.5) is 5.69 Å². The summed E-state index contributed by atoms with van der Waals surface area (Å²) < 4.78 is 0. The highest BCUT2D eigenvalue weighted by Gasteiger charge is 2.37. The SMILES string of the molecule is NCCN(CCN)C(=O)CC(N)C(=O)N1CCCC[C@H]1C(=O)NC(CCc1ccccc1)C(=O)Nc1ccc2ncccc2c1. The van der Waals surface area contributed by atoms with Gasteiger partial charge in [-0.05, 0) is 61.9 Å². The first-order valence-electron chi connectivity index (χ1n) is 15.5. The van der Waals surface area contributed by atoms with Crippen molar-refractivity contribution < 1.29 is 19.2 Å². The molecular weight excluding hydrogens is 572 g/mol. The van der Waals surface area contributed by atoms with E-state index in [2.05, 4.69) is 15.6 Å². The van der Waals surface area contributed by atoms with Gasteiger partial charge in [0.1, 0.15) is 12.1 Å². The number of aromatic nitrogens is 1. The molecule has 0 bridgehead atoms. The maximum Gasteiger partial charge on any atom is 0.246 e. The van der Waals surface area contributed by atoms with E-state index in [0.717, 1.165) is 22.9 Å². The smallest absolute Gasteiger partial charge is 0.246 e. The topological polar surface area (TPSA) is 190 Å². The van der Waals surface area contributed by atoms with Crippen molar-refractivity contribution in [2.75, 3.05) is 38.0 Å². The number of benzene rings is 2. The number of carbonyl (C=O) groups excluding carboxylic acids is 4. The molecule has 2 unspecified atom stereocenters. The quantitative estimate of drug-likeness (QED) is 0.178. The van der Waals surface area contributed by atoms with Crippen LogP contribution in [0, 0.1) is 0 Å². The summed E-state index contributed by atoms with van der Waals surface area (Å²) in [6, 6.07) is 16.1. The molecule has 4 rings (SSSR count). The third-order valence-corrected chi connectivity index (χ3v) is 8.02. The molecule has 1 saturated heterocycles. The molecule has 0 spiro atoms. The summed E-state index contributed by atoms with van der Waals surface area (Å²) in [6.07, 6.45) is 4.27. The number of hydrogen-bond acceptors (Lipinski definition) is 8. The predicted octanol–water partition coefficient (Wildman–Crippen LogP) is 1.14. The first-order chi connectivity index (χ1) is 21.8. The van der Waals surface area contributed by atoms with Crippen LogP contribution in [0.2, 0.25) is 0 Å². The van der Waals surface area contributed by atoms with Gasteiger partial charge in [-0.3, -0.25) is 24.2 Å². The van der Waals surface area contributed by atoms with E-state index in [1.54, 1.807) is 12.3 Å². The van der Waals surface area contributed by atoms with Gasteiger partial charge in [0, 0.05) is 50.0 Å². The average molecular weight is 617 g/mol. The van der Waals surface area contributed by atoms with Crippen molar-refractivity contribution in [3.05, 3.63) is 72.4 Å². The summed E-state index contributed by atoms with van der Waals surface area (Å²) in [5, 5.41) is 6.75. The Morgan fingerprint density at radius 2 is 1.73 bits per heavy atom. The van der Waals surface area contributed by atoms with Crippen LogP contribution >= 0.6 is 0 Å². The van der Waals surface area contributed by atoms with E-state index >= 15 is 0 Å². The number of pyridine rings is 1. The highest BCUT2D eigenvalue weighted by Crippen LogP contribution is 2.21. The number of nitrogens with two attached hydrogens (primary N) is 3. The predicted molar refractivity (Wildman–Crippen MR) is 174 cm³/mol. The number of hydrogen-bond donors (Lipinski definition) is 5. The molecular formula is C33H44N8O4. The molecule has 8 N–H and O–H groups in total. The fraction of sp³-hybridized carbons (Fsp3) is 0.424. The molecule has 3 aromatic rings. The summed E-state index contributed by atoms with van der Waals surface area (Å²) >= 11 is 0. The molecule has 3 atom stereocenters. The molecule has 240 valence electrons. The normalized spacial score (nSPS) is 16.1. The third-order valence-electron chi connectivity index (χ3n) is 8.02. The molecule has 2 heterocycles. The van der Waals surface area contributed by atoms with Crippen LogP contribution in [-0.4, -0.2) is 89.3 Å². The van der Waals surface area contributed by atoms with Gasteiger partial charge in [0.2, 0.25) is 23.6 Å². The fourth-order valence-electron chi connectivity index (χ4n) is 5.63. The van der Waals surface area contributed by atoms with Crippen LogP contribution < -0.4 is 27.8 Å². The van der Waals surface area contributed by atoms with Crippen molar-refractivity contribution in [1.29, 1.82) is 0 Å². The second-order valence-corrected chi connectivity index (χ2v) is 11.3. The van der Waals surface area contributed by atoms with Crippen LogP contribution in [0.25, 0.3) is 10.9 Å². The van der Waals surface area contributed by atoms with Gasteiger partial charge in [0.15, 0.2) is 0 Å². The van der Waals surface area contributed by atoms with Crippen LogP contribution in [-0.2, 0) is 25.6 Å². The number of nitrogens with one attached hydrogen (secondary N) is 2. The summed E-state index contributed by atoms with van der Waals surface area (Å²) in [7, 11) is 0. The van der Waals surface area contributed by atoms with Crippen LogP contribution in [0.15, 0.2) is 66.9 Å². The Balaban J connectivity index is 1.47. The molecule has 0 aliphatic carbocycles. The van der Waals surface area contributed by atoms with Crippen molar-refractivity contribution >= 4 is 40.2 Å². The second-order valence-electron chi connectivity index (χ2n) is 11.3. The zero-order valence-corrected chi connectivity index (χ0v) is 25.6. The molecule has 12 heteroatoms. The Labute approximate surface area is 263 Å². The summed E-state index contributed by atoms with van der Waals surface area (Å²) in [5.41, 5.74) is 19.9. The molecule has 1 aliphatic rings. The molecule has 12 nitrogen and oxygen atoms in total. The lowest BCUT2D eigenvalue weighted by atomic mass is 9.98. The van der Waals surface area contributed by atoms with E-state index in [9.17, 15) is 19.2 Å². The van der Waals surface area contributed by atoms with Gasteiger partial charge >= 0.3 is 0 Å². The van der Waals surface area contributed by atoms with Crippen LogP contribution in [0.3, 0.4) is 0 Å². The number of rotatable bonds is 14. The van der Waals surface area contributed by atoms with Gasteiger partial charge in [-0.1, -0.05) is 36.4 Å². The van der Waals surface area contributed by atoms with Crippen LogP contribution in [0.5, 0.6) is 0 Å². The monoisotopic (exact) mass is 616 g/mol. The lowest BCUT2D eigenvalue weighted by Gasteiger charge is -2.37. The lowest BCUT2D eigenvalue weighted by molar-refractivity contribution is -0.145. The van der Waals surface area contributed by atoms with Crippen molar-refractivity contribution in [3.8, 4) is 0 Å². The fourth-order valence-corrected chi connectivity index (χ4v) is 5.63. The van der Waals surface area contributed by atoms with Gasteiger partial charge in [-0.25, -0.2) is 0 Å². The number of aryl methyl sites for hydroxylation is 1. The third kappa shape index (κ3) is 9.30. The van der Waals surface area contributed by atoms with Crippen molar-refractivity contribution in [2.24, 2.45) is 17.2 Å². The molecule has 2 aromatic carbocycles. The largest absolute Gasteiger partial charge is 0.342 e. The highest BCUT2D eigenvalue weighted by atomic mass is 16.2. The zero-order valence-electron chi connectivity index (χ0n) is 25.6. The van der Waals surface area contributed by atoms with Crippen molar-refractivity contribution in [1.82, 2.24) is 20.1 Å². The van der Waals surface area contributed by atoms with E-state index in [0.29, 0.717) is 51.0 Å². The number of amides is 4. The van der Waals surface area contributed by atoms with E-state index < -0.39 is 29.9 Å². The van der Waals surface area contributed by atoms with E-state index in [1.807, 2.05) is 54.6 Å². The van der Waals surface area contributed by atoms with E-state index in [-0.39, 0.29) is 31.3 Å². The van der Waals surface area contributed by atoms with E-state index in [4.69, 9.17) is 17.2 Å². The zero-order chi connectivity index (χ0) is 32.2. The van der Waals surface area contributed by atoms with Gasteiger partial charge in [-0.15, -0.1) is 0 Å². The average Bonchev–Trinajstić information content (AvgIpc) is 3.06. The number of fused-ring (bicyclic) bond motifs is 1. The lowest BCUT2D eigenvalue weighted by Crippen LogP contribution is -2.58. The molecule has 4 amide bonds. The minimum atomic E-state index is -1.12. The Bertz CT molecular complexity index is 1450. The van der Waals surface area contributed by atoms with Gasteiger partial charge in [-0.2, -0.15) is 0 Å². The Hall–Kier alpha value is -4.39. The van der Waals surface area contributed by atoms with Gasteiger partial charge < -0.3 is 37.6 Å². The molecule has 0 saturated carbocycles. The molecule has 1 aromatic heterocycles. The maximum atomic E-state index is 13.8. The van der Waals surface area contributed by atoms with Gasteiger partial charge in [0.05, 0.1) is 18.0 Å². The first-order valence-corrected chi connectivity index (χ1v) is 15.5. The number of piperidine rings is 1. The standard InChI is InChI=1S/C33H44N8O4/c34-15-19-40(20-16-35)30(42)22-26(36)33(45)41-18-5-4-10-29(41)32(44)39-28(13-11-23-7-2-1-3-8-23)31(43)38-25-12-14-27-24(21-25)9-6-17-37-27/h1-3,6-9,12,14,17,21,26,28-29H,4-5,10-11,13,15-16,18-20,22,34-36H2,(H,38,43)(H,39,44)/t26?,28?,29-/m0/s1. The Morgan fingerprint density at radius 3 is 2.47 bits per heavy atom. The number of likely N-dealkylation sites (tertiary alicyclic amines) is 1. The Morgan fingerprint density at radius 1 is 0.978 bits per heavy atom. The summed E-state index contributed by atoms with van der Waals surface area (Å²) in [5.74, 6) is -1.57. The number of carbonyl (C=O) groups is 4. The van der Waals surface area contributed by atoms with Crippen molar-refractivity contribution in [3.63, 3.8) is 0 Å². The minimum absolute atomic E-state index is 0.215. The van der Waals surface area contributed by atoms with Crippen LogP contribution in [0.1, 0.15) is 37.7 Å². The minimum Gasteiger partial charge on any atom is -0.342 e. The maximum absolute atomic E-state index is 13.8. The molecule has 0 radical (unpaired) electrons. The Kier molecular flexibility index (Phi) is 12.4. The summed E-state index contributed by atoms with van der Waals surface area (Å²) in [4.78, 5) is 60.9.